The molecule has 132 valence electrons. The molecule has 2 aliphatic rings. The van der Waals surface area contributed by atoms with Crippen LogP contribution in [-0.2, 0) is 18.6 Å². The highest BCUT2D eigenvalue weighted by atomic mass is 28.3. The van der Waals surface area contributed by atoms with E-state index in [1.165, 1.54) is 0 Å². The monoisotopic (exact) mass is 340 g/mol. The summed E-state index contributed by atoms with van der Waals surface area (Å²) in [5.41, 5.74) is -1.34. The van der Waals surface area contributed by atoms with Gasteiger partial charge in [0.05, 0.1) is 22.4 Å². The summed E-state index contributed by atoms with van der Waals surface area (Å²) in [7, 11) is -2.25. The minimum Gasteiger partial charge on any atom is -0.404 e. The van der Waals surface area contributed by atoms with Gasteiger partial charge in [-0.05, 0) is 55.4 Å². The second-order valence-electron chi connectivity index (χ2n) is 10.1. The van der Waals surface area contributed by atoms with Crippen molar-refractivity contribution in [2.24, 2.45) is 0 Å². The van der Waals surface area contributed by atoms with E-state index < -0.39 is 8.07 Å². The summed E-state index contributed by atoms with van der Waals surface area (Å²) in [6, 6.07) is 0. The Morgan fingerprint density at radius 2 is 0.783 bits per heavy atom. The molecule has 2 heterocycles. The molecule has 0 bridgehead atoms. The molecule has 0 aromatic carbocycles. The van der Waals surface area contributed by atoms with Crippen molar-refractivity contribution < 1.29 is 18.6 Å². The van der Waals surface area contributed by atoms with Crippen molar-refractivity contribution in [3.8, 4) is 0 Å². The van der Waals surface area contributed by atoms with E-state index in [0.717, 1.165) is 0 Å². The van der Waals surface area contributed by atoms with Crippen LogP contribution in [0, 0.1) is 0 Å². The highest BCUT2D eigenvalue weighted by Gasteiger charge is 2.64. The van der Waals surface area contributed by atoms with E-state index >= 15 is 0 Å². The zero-order valence-corrected chi connectivity index (χ0v) is 17.9. The van der Waals surface area contributed by atoms with E-state index in [4.69, 9.17) is 18.6 Å². The summed E-state index contributed by atoms with van der Waals surface area (Å²) in [5.74, 6) is 0. The first-order chi connectivity index (χ1) is 10.0. The first-order valence-corrected chi connectivity index (χ1v) is 12.3. The normalized spacial score (nSPS) is 28.7. The molecule has 0 atom stereocenters. The molecule has 7 heteroatoms. The topological polar surface area (TPSA) is 36.9 Å². The molecule has 0 amide bonds. The predicted molar refractivity (Wildman–Crippen MR) is 99.3 cm³/mol. The van der Waals surface area contributed by atoms with Crippen molar-refractivity contribution in [2.75, 3.05) is 0 Å². The van der Waals surface area contributed by atoms with Crippen molar-refractivity contribution in [3.63, 3.8) is 0 Å². The maximum atomic E-state index is 6.35. The Balaban J connectivity index is 2.32. The second kappa shape index (κ2) is 5.34. The van der Waals surface area contributed by atoms with Crippen LogP contribution in [0.2, 0.25) is 25.0 Å². The van der Waals surface area contributed by atoms with Gasteiger partial charge in [0.1, 0.15) is 0 Å². The standard InChI is InChI=1S/C16H34B2O4Si/c1-13(2)14(3,4)20-17(19-13)12(23(9,10)11)18-21-15(5,6)16(7,8)22-18/h12H,1-11H3. The molecule has 0 aromatic rings. The maximum Gasteiger partial charge on any atom is 0.455 e. The molecular formula is C16H34B2O4Si. The average molecular weight is 340 g/mol. The molecule has 0 spiro atoms. The van der Waals surface area contributed by atoms with Crippen LogP contribution < -0.4 is 0 Å². The lowest BCUT2D eigenvalue weighted by Crippen LogP contribution is -2.50. The van der Waals surface area contributed by atoms with Crippen molar-refractivity contribution in [1.82, 2.24) is 0 Å². The molecule has 0 aromatic heterocycles. The van der Waals surface area contributed by atoms with Gasteiger partial charge < -0.3 is 18.6 Å². The fourth-order valence-corrected chi connectivity index (χ4v) is 4.92. The lowest BCUT2D eigenvalue weighted by Gasteiger charge is -2.32. The van der Waals surface area contributed by atoms with Crippen LogP contribution in [0.1, 0.15) is 55.4 Å². The van der Waals surface area contributed by atoms with Crippen LogP contribution in [0.3, 0.4) is 0 Å². The van der Waals surface area contributed by atoms with Crippen LogP contribution in [-0.4, -0.2) is 44.7 Å². The van der Waals surface area contributed by atoms with E-state index in [1.807, 2.05) is 0 Å². The van der Waals surface area contributed by atoms with E-state index in [2.05, 4.69) is 75.0 Å². The summed E-state index contributed by atoms with van der Waals surface area (Å²) in [5, 5.41) is 0.115. The Kier molecular flexibility index (Phi) is 4.53. The third-order valence-corrected chi connectivity index (χ3v) is 8.67. The van der Waals surface area contributed by atoms with Crippen LogP contribution in [0.25, 0.3) is 0 Å². The zero-order chi connectivity index (χ0) is 18.1. The smallest absolute Gasteiger partial charge is 0.404 e. The zero-order valence-electron chi connectivity index (χ0n) is 16.9. The Morgan fingerprint density at radius 3 is 0.957 bits per heavy atom. The first kappa shape index (κ1) is 19.5. The highest BCUT2D eigenvalue weighted by Crippen LogP contribution is 2.47. The lowest BCUT2D eigenvalue weighted by atomic mass is 9.62. The summed E-state index contributed by atoms with van der Waals surface area (Å²) < 4.78 is 25.4. The molecule has 4 nitrogen and oxygen atoms in total. The number of rotatable bonds is 3. The SMILES string of the molecule is CC1(C)OB(C(B2OC(C)(C)C(C)(C)O2)[Si](C)(C)C)OC1(C)C. The molecule has 2 saturated heterocycles. The quantitative estimate of drug-likeness (QED) is 0.729. The Morgan fingerprint density at radius 1 is 0.565 bits per heavy atom. The summed E-state index contributed by atoms with van der Waals surface area (Å²) in [4.78, 5) is 0. The molecule has 2 fully saturated rings. The number of hydrogen-bond donors (Lipinski definition) is 0. The second-order valence-corrected chi connectivity index (χ2v) is 15.5. The lowest BCUT2D eigenvalue weighted by molar-refractivity contribution is 0.00578. The van der Waals surface area contributed by atoms with Gasteiger partial charge in [0.2, 0.25) is 0 Å². The molecule has 0 N–H and O–H groups in total. The van der Waals surface area contributed by atoms with Gasteiger partial charge in [0.15, 0.2) is 0 Å². The Labute approximate surface area is 144 Å². The van der Waals surface area contributed by atoms with Crippen molar-refractivity contribution in [3.05, 3.63) is 0 Å². The van der Waals surface area contributed by atoms with Gasteiger partial charge in [-0.1, -0.05) is 19.6 Å². The largest absolute Gasteiger partial charge is 0.455 e. The minimum atomic E-state index is -1.67. The number of hydrogen-bond acceptors (Lipinski definition) is 4. The predicted octanol–water partition coefficient (Wildman–Crippen LogP) is 3.96. The van der Waals surface area contributed by atoms with E-state index in [-0.39, 0.29) is 42.0 Å². The first-order valence-electron chi connectivity index (χ1n) is 8.71. The molecular weight excluding hydrogens is 306 g/mol. The molecule has 0 saturated carbocycles. The third-order valence-electron chi connectivity index (χ3n) is 6.13. The van der Waals surface area contributed by atoms with Crippen molar-refractivity contribution in [1.29, 1.82) is 0 Å². The fraction of sp³-hybridized carbons (Fsp3) is 1.00. The Bertz CT molecular complexity index is 403. The van der Waals surface area contributed by atoms with Gasteiger partial charge in [-0.25, -0.2) is 0 Å². The van der Waals surface area contributed by atoms with Crippen LogP contribution in [0.4, 0.5) is 0 Å². The third kappa shape index (κ3) is 3.32. The van der Waals surface area contributed by atoms with Gasteiger partial charge in [-0.3, -0.25) is 0 Å². The molecule has 2 rings (SSSR count). The van der Waals surface area contributed by atoms with Gasteiger partial charge in [0.25, 0.3) is 0 Å². The fourth-order valence-electron chi connectivity index (χ4n) is 3.02. The summed E-state index contributed by atoms with van der Waals surface area (Å²) >= 11 is 0. The van der Waals surface area contributed by atoms with Gasteiger partial charge in [-0.15, -0.1) is 0 Å². The van der Waals surface area contributed by atoms with Crippen LogP contribution in [0.15, 0.2) is 0 Å². The molecule has 0 radical (unpaired) electrons. The summed E-state index contributed by atoms with van der Waals surface area (Å²) in [6.07, 6.45) is 0. The molecule has 0 aliphatic carbocycles. The van der Waals surface area contributed by atoms with Crippen LogP contribution >= 0.6 is 0 Å². The van der Waals surface area contributed by atoms with Crippen molar-refractivity contribution >= 4 is 22.3 Å². The maximum absolute atomic E-state index is 6.35. The van der Waals surface area contributed by atoms with Gasteiger partial charge >= 0.3 is 14.2 Å². The van der Waals surface area contributed by atoms with E-state index in [1.54, 1.807) is 0 Å². The van der Waals surface area contributed by atoms with E-state index in [0.29, 0.717) is 0 Å². The van der Waals surface area contributed by atoms with Gasteiger partial charge in [-0.2, -0.15) is 0 Å². The van der Waals surface area contributed by atoms with Crippen LogP contribution in [0.5, 0.6) is 0 Å². The Hall–Kier alpha value is 0.187. The van der Waals surface area contributed by atoms with Gasteiger partial charge in [0, 0.05) is 13.4 Å². The van der Waals surface area contributed by atoms with E-state index in [9.17, 15) is 0 Å². The van der Waals surface area contributed by atoms with Crippen molar-refractivity contribution in [2.45, 2.75) is 103 Å². The minimum absolute atomic E-state index is 0.115. The molecule has 0 unspecified atom stereocenters. The molecule has 23 heavy (non-hydrogen) atoms. The summed E-state index contributed by atoms with van der Waals surface area (Å²) in [6.45, 7) is 23.7. The molecule has 2 aliphatic heterocycles. The average Bonchev–Trinajstić information content (AvgIpc) is 2.54. The highest BCUT2D eigenvalue weighted by molar-refractivity contribution is 6.98.